The van der Waals surface area contributed by atoms with E-state index in [9.17, 15) is 31.1 Å². The Kier molecular flexibility index (Phi) is 6.97. The summed E-state index contributed by atoms with van der Waals surface area (Å²) in [6, 6.07) is 10.3. The Balaban J connectivity index is 1.58. The zero-order valence-electron chi connectivity index (χ0n) is 19.0. The molecule has 3 atom stereocenters. The largest absolute Gasteiger partial charge is 0.416 e. The van der Waals surface area contributed by atoms with Crippen LogP contribution in [0, 0.1) is 0 Å². The molecular formula is C23H23F6N5O2. The summed E-state index contributed by atoms with van der Waals surface area (Å²) in [7, 11) is 0. The van der Waals surface area contributed by atoms with Crippen molar-refractivity contribution in [3.8, 4) is 0 Å². The normalized spacial score (nSPS) is 21.9. The van der Waals surface area contributed by atoms with Crippen LogP contribution in [0.2, 0.25) is 0 Å². The zero-order valence-corrected chi connectivity index (χ0v) is 19.0. The minimum atomic E-state index is -4.94. The molecule has 1 aliphatic heterocycles. The molecule has 7 nitrogen and oxygen atoms in total. The Morgan fingerprint density at radius 1 is 1.08 bits per heavy atom. The van der Waals surface area contributed by atoms with E-state index in [1.807, 2.05) is 30.3 Å². The maximum absolute atomic E-state index is 13.3. The van der Waals surface area contributed by atoms with Gasteiger partial charge in [-0.25, -0.2) is 9.89 Å². The maximum Gasteiger partial charge on any atom is 0.416 e. The third kappa shape index (κ3) is 5.46. The molecule has 36 heavy (non-hydrogen) atoms. The molecule has 0 aliphatic carbocycles. The van der Waals surface area contributed by atoms with Crippen LogP contribution in [0.15, 0.2) is 53.3 Å². The molecule has 2 aromatic carbocycles. The highest BCUT2D eigenvalue weighted by atomic mass is 19.4. The first-order valence-corrected chi connectivity index (χ1v) is 11.1. The number of piperidine rings is 1. The van der Waals surface area contributed by atoms with Crippen LogP contribution in [0.4, 0.5) is 26.3 Å². The third-order valence-electron chi connectivity index (χ3n) is 6.41. The monoisotopic (exact) mass is 515 g/mol. The van der Waals surface area contributed by atoms with Gasteiger partial charge in [0.1, 0.15) is 0 Å². The van der Waals surface area contributed by atoms with Gasteiger partial charge >= 0.3 is 18.0 Å². The van der Waals surface area contributed by atoms with Gasteiger partial charge in [-0.3, -0.25) is 0 Å². The minimum Gasteiger partial charge on any atom is -0.372 e. The van der Waals surface area contributed by atoms with E-state index in [4.69, 9.17) is 4.74 Å². The van der Waals surface area contributed by atoms with Crippen LogP contribution in [0.1, 0.15) is 54.2 Å². The van der Waals surface area contributed by atoms with Gasteiger partial charge in [-0.2, -0.15) is 31.0 Å². The summed E-state index contributed by atoms with van der Waals surface area (Å²) in [5.74, 6) is 0. The van der Waals surface area contributed by atoms with Crippen LogP contribution in [-0.2, 0) is 22.6 Å². The number of alkyl halides is 6. The number of aromatic amines is 1. The summed E-state index contributed by atoms with van der Waals surface area (Å²) >= 11 is 0. The van der Waals surface area contributed by atoms with Crippen molar-refractivity contribution < 1.29 is 31.1 Å². The van der Waals surface area contributed by atoms with E-state index in [1.165, 1.54) is 11.6 Å². The predicted octanol–water partition coefficient (Wildman–Crippen LogP) is 4.60. The molecule has 1 fully saturated rings. The topological polar surface area (TPSA) is 84.8 Å². The molecule has 1 saturated heterocycles. The SMILES string of the molecule is C[C@@H](OC[C@@]1(c2ccccc2)CC[C@H](n2nn[nH]c2=O)CN1)c1cc(C(F)(F)F)cc(C(F)(F)F)c1. The number of hydrogen-bond donors (Lipinski definition) is 2. The highest BCUT2D eigenvalue weighted by Crippen LogP contribution is 2.39. The lowest BCUT2D eigenvalue weighted by Gasteiger charge is -2.42. The van der Waals surface area contributed by atoms with E-state index < -0.39 is 40.8 Å². The summed E-state index contributed by atoms with van der Waals surface area (Å²) < 4.78 is 86.9. The lowest BCUT2D eigenvalue weighted by molar-refractivity contribution is -0.143. The van der Waals surface area contributed by atoms with Crippen molar-refractivity contribution in [2.24, 2.45) is 0 Å². The van der Waals surface area contributed by atoms with Gasteiger partial charge in [0.2, 0.25) is 0 Å². The van der Waals surface area contributed by atoms with Gasteiger partial charge < -0.3 is 10.1 Å². The second kappa shape index (κ2) is 9.69. The van der Waals surface area contributed by atoms with Crippen molar-refractivity contribution in [1.82, 2.24) is 25.5 Å². The fraction of sp³-hybridized carbons (Fsp3) is 0.435. The molecule has 2 heterocycles. The number of nitrogens with zero attached hydrogens (tertiary/aromatic N) is 3. The molecule has 0 spiro atoms. The van der Waals surface area contributed by atoms with E-state index in [0.29, 0.717) is 31.5 Å². The highest BCUT2D eigenvalue weighted by Gasteiger charge is 2.40. The molecule has 1 aliphatic rings. The molecule has 4 rings (SSSR count). The van der Waals surface area contributed by atoms with Crippen molar-refractivity contribution in [3.63, 3.8) is 0 Å². The second-order valence-corrected chi connectivity index (χ2v) is 8.76. The van der Waals surface area contributed by atoms with Crippen molar-refractivity contribution in [2.45, 2.75) is 49.8 Å². The quantitative estimate of drug-likeness (QED) is 0.469. The molecule has 0 bridgehead atoms. The number of hydrogen-bond acceptors (Lipinski definition) is 5. The minimum absolute atomic E-state index is 0.0315. The third-order valence-corrected chi connectivity index (χ3v) is 6.41. The summed E-state index contributed by atoms with van der Waals surface area (Å²) in [5, 5.41) is 12.9. The van der Waals surface area contributed by atoms with Gasteiger partial charge in [-0.15, -0.1) is 0 Å². The van der Waals surface area contributed by atoms with Gasteiger partial charge in [0.25, 0.3) is 0 Å². The number of aromatic nitrogens is 4. The molecule has 2 N–H and O–H groups in total. The number of rotatable bonds is 6. The maximum atomic E-state index is 13.3. The number of tetrazole rings is 1. The Morgan fingerprint density at radius 3 is 2.22 bits per heavy atom. The van der Waals surface area contributed by atoms with Gasteiger partial charge in [0.15, 0.2) is 0 Å². The van der Waals surface area contributed by atoms with Crippen molar-refractivity contribution >= 4 is 0 Å². The van der Waals surface area contributed by atoms with Crippen molar-refractivity contribution in [1.29, 1.82) is 0 Å². The molecule has 13 heteroatoms. The van der Waals surface area contributed by atoms with Crippen LogP contribution in [0.5, 0.6) is 0 Å². The average Bonchev–Trinajstić information content (AvgIpc) is 3.27. The Bertz CT molecular complexity index is 1200. The van der Waals surface area contributed by atoms with Crippen LogP contribution in [0.25, 0.3) is 0 Å². The van der Waals surface area contributed by atoms with Gasteiger partial charge in [0.05, 0.1) is 35.4 Å². The molecule has 0 saturated carbocycles. The fourth-order valence-electron chi connectivity index (χ4n) is 4.36. The number of nitrogens with one attached hydrogen (secondary N) is 2. The lowest BCUT2D eigenvalue weighted by Crippen LogP contribution is -2.53. The molecule has 1 aromatic heterocycles. The Hall–Kier alpha value is -3.19. The smallest absolute Gasteiger partial charge is 0.372 e. The highest BCUT2D eigenvalue weighted by molar-refractivity contribution is 5.35. The van der Waals surface area contributed by atoms with Gasteiger partial charge in [0, 0.05) is 6.54 Å². The van der Waals surface area contributed by atoms with Crippen LogP contribution in [0.3, 0.4) is 0 Å². The van der Waals surface area contributed by atoms with E-state index >= 15 is 0 Å². The average molecular weight is 515 g/mol. The van der Waals surface area contributed by atoms with Gasteiger partial charge in [-0.05, 0) is 59.5 Å². The van der Waals surface area contributed by atoms with Gasteiger partial charge in [-0.1, -0.05) is 30.3 Å². The van der Waals surface area contributed by atoms with Crippen molar-refractivity contribution in [3.05, 3.63) is 81.3 Å². The van der Waals surface area contributed by atoms with E-state index in [2.05, 4.69) is 20.8 Å². The number of halogens is 6. The molecule has 3 aromatic rings. The molecular weight excluding hydrogens is 492 g/mol. The molecule has 194 valence electrons. The first kappa shape index (κ1) is 25.9. The predicted molar refractivity (Wildman–Crippen MR) is 116 cm³/mol. The zero-order chi connectivity index (χ0) is 26.1. The van der Waals surface area contributed by atoms with Crippen LogP contribution >= 0.6 is 0 Å². The summed E-state index contributed by atoms with van der Waals surface area (Å²) in [6.45, 7) is 1.70. The van der Waals surface area contributed by atoms with E-state index in [0.717, 1.165) is 5.56 Å². The van der Waals surface area contributed by atoms with E-state index in [1.54, 1.807) is 0 Å². The molecule has 0 radical (unpaired) electrons. The first-order valence-electron chi connectivity index (χ1n) is 11.1. The lowest BCUT2D eigenvalue weighted by atomic mass is 9.81. The number of benzene rings is 2. The Morgan fingerprint density at radius 2 is 1.72 bits per heavy atom. The van der Waals surface area contributed by atoms with Crippen molar-refractivity contribution in [2.75, 3.05) is 13.2 Å². The molecule has 0 unspecified atom stereocenters. The van der Waals surface area contributed by atoms with E-state index in [-0.39, 0.29) is 24.3 Å². The number of ether oxygens (including phenoxy) is 1. The standard InChI is InChI=1S/C23H23F6N5O2/c1-14(15-9-17(22(24,25)26)11-18(10-15)23(27,28)29)36-13-21(16-5-3-2-4-6-16)8-7-19(12-30-21)34-20(35)31-32-33-34/h2-6,9-11,14,19,30H,7-8,12-13H2,1H3,(H,31,33,35)/t14-,19+,21-/m1/s1. The van der Waals surface area contributed by atoms with Crippen LogP contribution < -0.4 is 11.0 Å². The summed E-state index contributed by atoms with van der Waals surface area (Å²) in [6.07, 6.45) is -9.98. The number of H-pyrrole nitrogens is 1. The first-order chi connectivity index (χ1) is 16.9. The summed E-state index contributed by atoms with van der Waals surface area (Å²) in [5.41, 5.74) is -3.42. The summed E-state index contributed by atoms with van der Waals surface area (Å²) in [4.78, 5) is 11.9. The fourth-order valence-corrected chi connectivity index (χ4v) is 4.36. The Labute approximate surface area is 201 Å². The second-order valence-electron chi connectivity index (χ2n) is 8.76. The molecule has 0 amide bonds. The van der Waals surface area contributed by atoms with Crippen LogP contribution in [-0.4, -0.2) is 33.4 Å².